The van der Waals surface area contributed by atoms with Crippen molar-refractivity contribution in [2.24, 2.45) is 0 Å². The second-order valence-corrected chi connectivity index (χ2v) is 10.7. The molecule has 1 atom stereocenters. The van der Waals surface area contributed by atoms with Gasteiger partial charge in [0.15, 0.2) is 0 Å². The summed E-state index contributed by atoms with van der Waals surface area (Å²) in [6.45, 7) is 18.3. The van der Waals surface area contributed by atoms with Crippen LogP contribution in [0.15, 0.2) is 164 Å². The highest BCUT2D eigenvalue weighted by atomic mass is 14.5. The van der Waals surface area contributed by atoms with E-state index < -0.39 is 0 Å². The first-order valence-corrected chi connectivity index (χ1v) is 14.7. The molecule has 0 spiro atoms. The summed E-state index contributed by atoms with van der Waals surface area (Å²) < 4.78 is 0. The van der Waals surface area contributed by atoms with Gasteiger partial charge < -0.3 is 0 Å². The summed E-state index contributed by atoms with van der Waals surface area (Å²) in [5.74, 6) is 0. The first-order valence-electron chi connectivity index (χ1n) is 14.7. The van der Waals surface area contributed by atoms with Crippen LogP contribution in [0.3, 0.4) is 0 Å². The quantitative estimate of drug-likeness (QED) is 0.202. The van der Waals surface area contributed by atoms with Crippen molar-refractivity contribution < 1.29 is 0 Å². The summed E-state index contributed by atoms with van der Waals surface area (Å²) in [5, 5.41) is 0. The molecule has 4 aromatic carbocycles. The van der Waals surface area contributed by atoms with Crippen molar-refractivity contribution in [2.45, 2.75) is 40.0 Å². The van der Waals surface area contributed by atoms with Gasteiger partial charge in [0.05, 0.1) is 5.41 Å². The molecule has 1 unspecified atom stereocenters. The van der Waals surface area contributed by atoms with Crippen LogP contribution >= 0.6 is 0 Å². The van der Waals surface area contributed by atoms with Crippen LogP contribution < -0.4 is 0 Å². The van der Waals surface area contributed by atoms with E-state index in [1.165, 1.54) is 61.2 Å². The summed E-state index contributed by atoms with van der Waals surface area (Å²) in [6.07, 6.45) is 14.4. The normalized spacial score (nSPS) is 16.4. The molecule has 42 heavy (non-hydrogen) atoms. The third kappa shape index (κ3) is 5.71. The molecule has 210 valence electrons. The lowest BCUT2D eigenvalue weighted by atomic mass is 9.67. The number of hydrogen-bond donors (Lipinski definition) is 0. The van der Waals surface area contributed by atoms with Crippen molar-refractivity contribution in [2.75, 3.05) is 0 Å². The van der Waals surface area contributed by atoms with Gasteiger partial charge in [-0.25, -0.2) is 0 Å². The Labute approximate surface area is 253 Å². The van der Waals surface area contributed by atoms with Crippen molar-refractivity contribution in [3.05, 3.63) is 197 Å². The molecule has 0 nitrogen and oxygen atoms in total. The Bertz CT molecular complexity index is 1690. The van der Waals surface area contributed by atoms with Gasteiger partial charge in [0, 0.05) is 0 Å². The van der Waals surface area contributed by atoms with E-state index in [9.17, 15) is 0 Å². The van der Waals surface area contributed by atoms with Crippen molar-refractivity contribution in [1.82, 2.24) is 0 Å². The van der Waals surface area contributed by atoms with E-state index in [0.717, 1.165) is 0 Å². The minimum absolute atomic E-state index is 0.310. The highest BCUT2D eigenvalue weighted by molar-refractivity contribution is 5.87. The molecule has 0 saturated carbocycles. The van der Waals surface area contributed by atoms with E-state index in [4.69, 9.17) is 0 Å². The van der Waals surface area contributed by atoms with Gasteiger partial charge in [0.1, 0.15) is 0 Å². The minimum Gasteiger partial charge on any atom is -0.0991 e. The van der Waals surface area contributed by atoms with E-state index in [-0.39, 0.29) is 5.41 Å². The van der Waals surface area contributed by atoms with Crippen LogP contribution in [0.1, 0.15) is 54.2 Å². The van der Waals surface area contributed by atoms with Gasteiger partial charge in [-0.3, -0.25) is 0 Å². The maximum Gasteiger partial charge on any atom is 0.0710 e. The lowest BCUT2D eigenvalue weighted by Gasteiger charge is -2.34. The Morgan fingerprint density at radius 2 is 1.38 bits per heavy atom. The van der Waals surface area contributed by atoms with Crippen molar-refractivity contribution >= 4 is 5.57 Å². The molecule has 0 N–H and O–H groups in total. The van der Waals surface area contributed by atoms with Crippen LogP contribution in [0.4, 0.5) is 0 Å². The SMILES string of the molecule is C=C/C(C)=C(\C=C/C)c1ccccc1C.C=C/C=C\C(=C/C)C1(c2ccccc2)c2ccccc2-c2cc(C)ccc21. The van der Waals surface area contributed by atoms with Crippen molar-refractivity contribution in [3.63, 3.8) is 0 Å². The predicted molar refractivity (Wildman–Crippen MR) is 185 cm³/mol. The van der Waals surface area contributed by atoms with E-state index in [2.05, 4.69) is 162 Å². The number of aryl methyl sites for hydroxylation is 2. The average molecular weight is 547 g/mol. The Balaban J connectivity index is 0.000000230. The molecule has 0 heterocycles. The van der Waals surface area contributed by atoms with Gasteiger partial charge >= 0.3 is 0 Å². The maximum atomic E-state index is 3.88. The van der Waals surface area contributed by atoms with Crippen LogP contribution in [0, 0.1) is 13.8 Å². The number of benzene rings is 4. The van der Waals surface area contributed by atoms with Crippen LogP contribution in [0.25, 0.3) is 16.7 Å². The molecule has 0 fully saturated rings. The lowest BCUT2D eigenvalue weighted by Crippen LogP contribution is -2.29. The van der Waals surface area contributed by atoms with Gasteiger partial charge in [-0.1, -0.05) is 158 Å². The predicted octanol–water partition coefficient (Wildman–Crippen LogP) is 11.5. The molecule has 0 radical (unpaired) electrons. The molecule has 1 aliphatic rings. The van der Waals surface area contributed by atoms with Crippen LogP contribution in [0.5, 0.6) is 0 Å². The standard InChI is InChI=1S/C27H24.C15H18/c1-4-6-12-21(5-2)27(22-13-8-7-9-14-22)25-16-11-10-15-23(25)24-19-20(3)17-18-26(24)27;1-5-9-14(12(3)6-2)15-11-8-7-10-13(15)4/h4-19H,1H2,2-3H3;5-11H,2H2,1,3-4H3/b12-6-,21-5+;9-5-,14-12+. The fourth-order valence-electron chi connectivity index (χ4n) is 6.07. The molecular weight excluding hydrogens is 504 g/mol. The maximum absolute atomic E-state index is 3.88. The fourth-order valence-corrected chi connectivity index (χ4v) is 6.07. The zero-order valence-corrected chi connectivity index (χ0v) is 25.7. The van der Waals surface area contributed by atoms with E-state index >= 15 is 0 Å². The van der Waals surface area contributed by atoms with E-state index in [1.54, 1.807) is 0 Å². The van der Waals surface area contributed by atoms with Gasteiger partial charge in [-0.2, -0.15) is 0 Å². The number of rotatable bonds is 7. The zero-order chi connectivity index (χ0) is 30.1. The van der Waals surface area contributed by atoms with Crippen LogP contribution in [-0.2, 0) is 5.41 Å². The minimum atomic E-state index is -0.310. The van der Waals surface area contributed by atoms with E-state index in [0.29, 0.717) is 0 Å². The van der Waals surface area contributed by atoms with Crippen molar-refractivity contribution in [3.8, 4) is 11.1 Å². The summed E-state index contributed by atoms with van der Waals surface area (Å²) >= 11 is 0. The Morgan fingerprint density at radius 3 is 2.05 bits per heavy atom. The third-order valence-electron chi connectivity index (χ3n) is 8.06. The topological polar surface area (TPSA) is 0 Å². The molecule has 5 rings (SSSR count). The second-order valence-electron chi connectivity index (χ2n) is 10.7. The van der Waals surface area contributed by atoms with Crippen LogP contribution in [0.2, 0.25) is 0 Å². The Kier molecular flexibility index (Phi) is 9.94. The molecular formula is C42H42. The highest BCUT2D eigenvalue weighted by Gasteiger charge is 2.46. The lowest BCUT2D eigenvalue weighted by molar-refractivity contribution is 0.765. The third-order valence-corrected chi connectivity index (χ3v) is 8.06. The van der Waals surface area contributed by atoms with E-state index in [1.807, 2.05) is 25.2 Å². The largest absolute Gasteiger partial charge is 0.0991 e. The number of hydrogen-bond acceptors (Lipinski definition) is 0. The molecule has 4 aromatic rings. The summed E-state index contributed by atoms with van der Waals surface area (Å²) in [6, 6.07) is 35.0. The molecule has 0 saturated heterocycles. The van der Waals surface area contributed by atoms with Gasteiger partial charge in [0.2, 0.25) is 0 Å². The van der Waals surface area contributed by atoms with Gasteiger partial charge in [0.25, 0.3) is 0 Å². The molecule has 0 bridgehead atoms. The summed E-state index contributed by atoms with van der Waals surface area (Å²) in [7, 11) is 0. The average Bonchev–Trinajstić information content (AvgIpc) is 3.31. The monoisotopic (exact) mass is 546 g/mol. The molecule has 1 aliphatic carbocycles. The summed E-state index contributed by atoms with van der Waals surface area (Å²) in [4.78, 5) is 0. The van der Waals surface area contributed by atoms with Crippen LogP contribution in [-0.4, -0.2) is 0 Å². The molecule has 0 aliphatic heterocycles. The van der Waals surface area contributed by atoms with Crippen molar-refractivity contribution in [1.29, 1.82) is 0 Å². The molecule has 0 heteroatoms. The fraction of sp³-hybridized carbons (Fsp3) is 0.143. The van der Waals surface area contributed by atoms with Gasteiger partial charge in [-0.15, -0.1) is 0 Å². The summed E-state index contributed by atoms with van der Waals surface area (Å²) in [5.41, 5.74) is 13.9. The Hall–Kier alpha value is -4.68. The molecule has 0 aromatic heterocycles. The number of fused-ring (bicyclic) bond motifs is 3. The first-order chi connectivity index (χ1) is 20.4. The molecule has 0 amide bonds. The number of allylic oxidation sites excluding steroid dienone is 10. The zero-order valence-electron chi connectivity index (χ0n) is 25.7. The van der Waals surface area contributed by atoms with Gasteiger partial charge in [-0.05, 0) is 90.3 Å². The Morgan fingerprint density at radius 1 is 0.714 bits per heavy atom. The first kappa shape index (κ1) is 30.3. The smallest absolute Gasteiger partial charge is 0.0710 e. The highest BCUT2D eigenvalue weighted by Crippen LogP contribution is 2.56. The second kappa shape index (κ2) is 13.8.